The minimum absolute atomic E-state index is 0.0211. The van der Waals surface area contributed by atoms with Gasteiger partial charge in [0.15, 0.2) is 0 Å². The summed E-state index contributed by atoms with van der Waals surface area (Å²) in [5.41, 5.74) is 5.84. The van der Waals surface area contributed by atoms with Crippen LogP contribution in [0.2, 0.25) is 0 Å². The third kappa shape index (κ3) is 3.46. The van der Waals surface area contributed by atoms with Crippen LogP contribution in [0.25, 0.3) is 11.1 Å². The molecule has 1 unspecified atom stereocenters. The number of fused-ring (bicyclic) bond motifs is 3. The van der Waals surface area contributed by atoms with Gasteiger partial charge in [-0.1, -0.05) is 60.7 Å². The summed E-state index contributed by atoms with van der Waals surface area (Å²) in [4.78, 5) is 26.1. The number of carboxylic acids is 1. The molecule has 1 N–H and O–H groups in total. The van der Waals surface area contributed by atoms with Gasteiger partial charge in [0.05, 0.1) is 11.6 Å². The lowest BCUT2D eigenvalue weighted by Crippen LogP contribution is -2.32. The van der Waals surface area contributed by atoms with Crippen molar-refractivity contribution in [2.24, 2.45) is 0 Å². The van der Waals surface area contributed by atoms with E-state index < -0.39 is 5.97 Å². The molecule has 0 radical (unpaired) electrons. The fourth-order valence-corrected chi connectivity index (χ4v) is 4.89. The van der Waals surface area contributed by atoms with Gasteiger partial charge < -0.3 is 14.7 Å². The number of aromatic carboxylic acids is 1. The van der Waals surface area contributed by atoms with Gasteiger partial charge in [-0.15, -0.1) is 0 Å². The average Bonchev–Trinajstić information content (AvgIpc) is 3.41. The zero-order valence-electron chi connectivity index (χ0n) is 17.0. The van der Waals surface area contributed by atoms with Crippen molar-refractivity contribution in [3.05, 3.63) is 95.1 Å². The molecule has 1 aliphatic heterocycles. The Bertz CT molecular complexity index is 1110. The van der Waals surface area contributed by atoms with Crippen molar-refractivity contribution in [1.29, 1.82) is 0 Å². The predicted molar refractivity (Wildman–Crippen MR) is 117 cm³/mol. The minimum atomic E-state index is -0.965. The molecule has 3 aromatic carbocycles. The van der Waals surface area contributed by atoms with Crippen LogP contribution in [0.5, 0.6) is 0 Å². The number of rotatable bonds is 4. The van der Waals surface area contributed by atoms with Crippen LogP contribution in [-0.4, -0.2) is 35.2 Å². The van der Waals surface area contributed by atoms with Crippen molar-refractivity contribution in [1.82, 2.24) is 4.90 Å². The molecule has 0 aromatic heterocycles. The molecule has 5 heteroatoms. The summed E-state index contributed by atoms with van der Waals surface area (Å²) in [5, 5.41) is 9.29. The highest BCUT2D eigenvalue weighted by Gasteiger charge is 2.34. The fourth-order valence-electron chi connectivity index (χ4n) is 4.89. The van der Waals surface area contributed by atoms with E-state index >= 15 is 0 Å². The highest BCUT2D eigenvalue weighted by Crippen LogP contribution is 2.44. The Morgan fingerprint density at radius 1 is 0.935 bits per heavy atom. The highest BCUT2D eigenvalue weighted by atomic mass is 16.6. The monoisotopic (exact) mass is 413 g/mol. The van der Waals surface area contributed by atoms with Crippen LogP contribution >= 0.6 is 0 Å². The number of hydrogen-bond donors (Lipinski definition) is 1. The first-order chi connectivity index (χ1) is 15.1. The second-order valence-electron chi connectivity index (χ2n) is 8.09. The molecular formula is C26H23NO4. The maximum Gasteiger partial charge on any atom is 0.410 e. The van der Waals surface area contributed by atoms with Crippen molar-refractivity contribution >= 4 is 12.1 Å². The van der Waals surface area contributed by atoms with Gasteiger partial charge in [-0.05, 0) is 52.8 Å². The van der Waals surface area contributed by atoms with Gasteiger partial charge in [0.25, 0.3) is 0 Å². The molecule has 1 saturated heterocycles. The standard InChI is InChI=1S/C26H23NO4/c28-25(29)18-8-5-7-17(15-18)24-13-6-14-27(24)26(30)31-16-23-21-11-3-1-9-19(21)20-10-2-4-12-22(20)23/h1-5,7-12,15,23-24H,6,13-14,16H2,(H,28,29). The summed E-state index contributed by atoms with van der Waals surface area (Å²) in [5.74, 6) is -0.944. The molecule has 2 aliphatic rings. The Morgan fingerprint density at radius 3 is 2.29 bits per heavy atom. The van der Waals surface area contributed by atoms with Gasteiger partial charge >= 0.3 is 12.1 Å². The molecule has 5 nitrogen and oxygen atoms in total. The number of benzene rings is 3. The molecule has 1 atom stereocenters. The van der Waals surface area contributed by atoms with E-state index in [9.17, 15) is 14.7 Å². The predicted octanol–water partition coefficient (Wildman–Crippen LogP) is 5.47. The number of ether oxygens (including phenoxy) is 1. The molecule has 0 bridgehead atoms. The third-order valence-electron chi connectivity index (χ3n) is 6.34. The molecule has 156 valence electrons. The van der Waals surface area contributed by atoms with Crippen LogP contribution in [0.15, 0.2) is 72.8 Å². The molecule has 1 aliphatic carbocycles. The maximum atomic E-state index is 13.0. The molecular weight excluding hydrogens is 390 g/mol. The van der Waals surface area contributed by atoms with E-state index in [0.717, 1.165) is 18.4 Å². The van der Waals surface area contributed by atoms with Gasteiger partial charge in [0.1, 0.15) is 6.61 Å². The van der Waals surface area contributed by atoms with Crippen LogP contribution in [0.3, 0.4) is 0 Å². The number of hydrogen-bond acceptors (Lipinski definition) is 3. The molecule has 1 amide bonds. The summed E-state index contributed by atoms with van der Waals surface area (Å²) in [6.07, 6.45) is 1.32. The van der Waals surface area contributed by atoms with E-state index in [-0.39, 0.29) is 30.2 Å². The topological polar surface area (TPSA) is 66.8 Å². The lowest BCUT2D eigenvalue weighted by Gasteiger charge is -2.25. The third-order valence-corrected chi connectivity index (χ3v) is 6.34. The SMILES string of the molecule is O=C(O)c1cccc(C2CCCN2C(=O)OCC2c3ccccc3-c3ccccc32)c1. The van der Waals surface area contributed by atoms with Crippen molar-refractivity contribution in [2.75, 3.05) is 13.2 Å². The molecule has 1 fully saturated rings. The molecule has 5 rings (SSSR count). The Kier molecular flexibility index (Phi) is 4.94. The fraction of sp³-hybridized carbons (Fsp3) is 0.231. The van der Waals surface area contributed by atoms with Gasteiger partial charge in [-0.25, -0.2) is 9.59 Å². The number of nitrogens with zero attached hydrogens (tertiary/aromatic N) is 1. The van der Waals surface area contributed by atoms with Crippen LogP contribution in [0, 0.1) is 0 Å². The molecule has 1 heterocycles. The maximum absolute atomic E-state index is 13.0. The zero-order valence-corrected chi connectivity index (χ0v) is 17.0. The second kappa shape index (κ2) is 7.91. The summed E-state index contributed by atoms with van der Waals surface area (Å²) in [7, 11) is 0. The first-order valence-corrected chi connectivity index (χ1v) is 10.6. The number of likely N-dealkylation sites (tertiary alicyclic amines) is 1. The smallest absolute Gasteiger partial charge is 0.410 e. The summed E-state index contributed by atoms with van der Waals surface area (Å²) >= 11 is 0. The van der Waals surface area contributed by atoms with Crippen molar-refractivity contribution in [3.8, 4) is 11.1 Å². The molecule has 31 heavy (non-hydrogen) atoms. The van der Waals surface area contributed by atoms with Gasteiger partial charge in [-0.2, -0.15) is 0 Å². The average molecular weight is 413 g/mol. The van der Waals surface area contributed by atoms with E-state index in [1.807, 2.05) is 30.3 Å². The molecule has 0 spiro atoms. The Labute approximate surface area is 180 Å². The van der Waals surface area contributed by atoms with E-state index in [1.54, 1.807) is 23.1 Å². The number of carboxylic acid groups (broad SMARTS) is 1. The van der Waals surface area contributed by atoms with Crippen LogP contribution in [0.4, 0.5) is 4.79 Å². The van der Waals surface area contributed by atoms with Crippen LogP contribution in [-0.2, 0) is 4.74 Å². The summed E-state index contributed by atoms with van der Waals surface area (Å²) in [6.45, 7) is 0.893. The Balaban J connectivity index is 1.34. The van der Waals surface area contributed by atoms with Gasteiger partial charge in [-0.3, -0.25) is 0 Å². The number of carbonyl (C=O) groups is 2. The summed E-state index contributed by atoms with van der Waals surface area (Å²) < 4.78 is 5.82. The van der Waals surface area contributed by atoms with Gasteiger partial charge in [0, 0.05) is 12.5 Å². The van der Waals surface area contributed by atoms with Crippen molar-refractivity contribution < 1.29 is 19.4 Å². The summed E-state index contributed by atoms with van der Waals surface area (Å²) in [6, 6.07) is 23.2. The lowest BCUT2D eigenvalue weighted by atomic mass is 9.98. The first-order valence-electron chi connectivity index (χ1n) is 10.6. The van der Waals surface area contributed by atoms with E-state index in [4.69, 9.17) is 4.74 Å². The quantitative estimate of drug-likeness (QED) is 0.616. The number of amides is 1. The minimum Gasteiger partial charge on any atom is -0.478 e. The zero-order chi connectivity index (χ0) is 21.4. The van der Waals surface area contributed by atoms with Crippen LogP contribution < -0.4 is 0 Å². The van der Waals surface area contributed by atoms with E-state index in [2.05, 4.69) is 24.3 Å². The first kappa shape index (κ1) is 19.4. The van der Waals surface area contributed by atoms with Crippen molar-refractivity contribution in [2.45, 2.75) is 24.8 Å². The van der Waals surface area contributed by atoms with Gasteiger partial charge in [0.2, 0.25) is 0 Å². The van der Waals surface area contributed by atoms with Crippen LogP contribution in [0.1, 0.15) is 51.8 Å². The largest absolute Gasteiger partial charge is 0.478 e. The molecule has 3 aromatic rings. The number of carbonyl (C=O) groups excluding carboxylic acids is 1. The molecule has 0 saturated carbocycles. The van der Waals surface area contributed by atoms with E-state index in [0.29, 0.717) is 6.54 Å². The van der Waals surface area contributed by atoms with Crippen molar-refractivity contribution in [3.63, 3.8) is 0 Å². The normalized spacial score (nSPS) is 17.3. The lowest BCUT2D eigenvalue weighted by molar-refractivity contribution is 0.0696. The Hall–Kier alpha value is -3.60. The van der Waals surface area contributed by atoms with E-state index in [1.165, 1.54) is 22.3 Å². The Morgan fingerprint density at radius 2 is 1.61 bits per heavy atom. The highest BCUT2D eigenvalue weighted by molar-refractivity contribution is 5.87. The second-order valence-corrected chi connectivity index (χ2v) is 8.09.